The second kappa shape index (κ2) is 15.1. The Morgan fingerprint density at radius 1 is 1.27 bits per heavy atom. The average molecular weight is 212 g/mol. The third-order valence-corrected chi connectivity index (χ3v) is 1.47. The zero-order valence-corrected chi connectivity index (χ0v) is 9.10. The molecule has 0 saturated carbocycles. The van der Waals surface area contributed by atoms with Crippen LogP contribution in [0.1, 0.15) is 12.0 Å². The van der Waals surface area contributed by atoms with Crippen LogP contribution in [0, 0.1) is 0 Å². The summed E-state index contributed by atoms with van der Waals surface area (Å²) in [5.74, 6) is 0. The smallest absolute Gasteiger partial charge is 0.204 e. The quantitative estimate of drug-likeness (QED) is 0.629. The van der Waals surface area contributed by atoms with E-state index in [0.29, 0.717) is 0 Å². The van der Waals surface area contributed by atoms with E-state index >= 15 is 0 Å². The van der Waals surface area contributed by atoms with Crippen LogP contribution in [-0.4, -0.2) is 25.2 Å². The van der Waals surface area contributed by atoms with Gasteiger partial charge >= 0.3 is 0 Å². The number of aliphatic hydroxyl groups is 1. The van der Waals surface area contributed by atoms with Gasteiger partial charge in [-0.2, -0.15) is 0 Å². The number of amides is 1. The highest BCUT2D eigenvalue weighted by Crippen LogP contribution is 2.00. The van der Waals surface area contributed by atoms with Crippen molar-refractivity contribution in [1.82, 2.24) is 0 Å². The van der Waals surface area contributed by atoms with Gasteiger partial charge in [0.2, 0.25) is 6.41 Å². The first-order valence-electron chi connectivity index (χ1n) is 4.73. The first-order chi connectivity index (χ1) is 7.35. The van der Waals surface area contributed by atoms with Crippen LogP contribution in [0.25, 0.3) is 0 Å². The number of primary amides is 1. The molecule has 15 heavy (non-hydrogen) atoms. The number of nitrogens with two attached hydrogens (primary N) is 2. The number of hydrogen-bond acceptors (Lipinski definition) is 3. The summed E-state index contributed by atoms with van der Waals surface area (Å²) in [5, 5.41) is 8.53. The van der Waals surface area contributed by atoms with Gasteiger partial charge in [0.05, 0.1) is 0 Å². The Balaban J connectivity index is 0. The highest BCUT2D eigenvalue weighted by Gasteiger charge is 1.87. The lowest BCUT2D eigenvalue weighted by Gasteiger charge is -1.96. The molecule has 0 aliphatic rings. The maximum atomic E-state index is 8.58. The van der Waals surface area contributed by atoms with Gasteiger partial charge in [-0.1, -0.05) is 30.3 Å². The van der Waals surface area contributed by atoms with Crippen molar-refractivity contribution in [2.75, 3.05) is 13.7 Å². The van der Waals surface area contributed by atoms with Gasteiger partial charge in [0.15, 0.2) is 0 Å². The second-order valence-electron chi connectivity index (χ2n) is 2.45. The summed E-state index contributed by atoms with van der Waals surface area (Å²) in [5.41, 5.74) is 9.97. The zero-order chi connectivity index (χ0) is 11.9. The van der Waals surface area contributed by atoms with Crippen LogP contribution in [0.2, 0.25) is 0 Å². The van der Waals surface area contributed by atoms with Gasteiger partial charge < -0.3 is 16.6 Å². The molecule has 4 nitrogen and oxygen atoms in total. The second-order valence-corrected chi connectivity index (χ2v) is 2.45. The Bertz CT molecular complexity index is 215. The van der Waals surface area contributed by atoms with Gasteiger partial charge in [-0.05, 0) is 25.5 Å². The molecule has 1 amide bonds. The molecule has 0 radical (unpaired) electrons. The predicted octanol–water partition coefficient (Wildman–Crippen LogP) is 0.288. The van der Waals surface area contributed by atoms with Crippen molar-refractivity contribution in [1.29, 1.82) is 0 Å². The Morgan fingerprint density at radius 3 is 2.13 bits per heavy atom. The summed E-state index contributed by atoms with van der Waals surface area (Å²) in [7, 11) is 1.50. The molecule has 1 aromatic rings. The lowest BCUT2D eigenvalue weighted by atomic mass is 10.1. The highest BCUT2D eigenvalue weighted by molar-refractivity contribution is 5.42. The van der Waals surface area contributed by atoms with Gasteiger partial charge in [-0.3, -0.25) is 4.79 Å². The topological polar surface area (TPSA) is 89.3 Å². The van der Waals surface area contributed by atoms with E-state index in [0.717, 1.165) is 12.8 Å². The number of aryl methyl sites for hydroxylation is 1. The van der Waals surface area contributed by atoms with Crippen molar-refractivity contribution in [2.24, 2.45) is 11.5 Å². The van der Waals surface area contributed by atoms with Crippen LogP contribution >= 0.6 is 0 Å². The Labute approximate surface area is 90.9 Å². The molecule has 0 atom stereocenters. The Morgan fingerprint density at radius 2 is 1.73 bits per heavy atom. The summed E-state index contributed by atoms with van der Waals surface area (Å²) in [6.45, 7) is 0.287. The van der Waals surface area contributed by atoms with Crippen LogP contribution in [0.5, 0.6) is 0 Å². The molecule has 5 N–H and O–H groups in total. The summed E-state index contributed by atoms with van der Waals surface area (Å²) < 4.78 is 0. The van der Waals surface area contributed by atoms with E-state index in [1.165, 1.54) is 12.6 Å². The predicted molar refractivity (Wildman–Crippen MR) is 62.2 cm³/mol. The largest absolute Gasteiger partial charge is 0.396 e. The molecule has 0 spiro atoms. The van der Waals surface area contributed by atoms with Gasteiger partial charge in [0, 0.05) is 6.61 Å². The Hall–Kier alpha value is -1.39. The molecule has 0 fully saturated rings. The van der Waals surface area contributed by atoms with E-state index in [1.807, 2.05) is 18.2 Å². The van der Waals surface area contributed by atoms with Crippen LogP contribution < -0.4 is 11.5 Å². The van der Waals surface area contributed by atoms with Crippen LogP contribution in [0.3, 0.4) is 0 Å². The lowest BCUT2D eigenvalue weighted by Crippen LogP contribution is -1.87. The minimum Gasteiger partial charge on any atom is -0.396 e. The molecule has 0 heterocycles. The molecule has 0 aromatic heterocycles. The Kier molecular flexibility index (Phi) is 16.2. The highest BCUT2D eigenvalue weighted by atomic mass is 16.2. The molecule has 0 bridgehead atoms. The van der Waals surface area contributed by atoms with Crippen molar-refractivity contribution < 1.29 is 9.90 Å². The number of aliphatic hydroxyl groups excluding tert-OH is 1. The molecular formula is C11H20N2O2. The van der Waals surface area contributed by atoms with Crippen LogP contribution in [0.15, 0.2) is 30.3 Å². The van der Waals surface area contributed by atoms with Crippen molar-refractivity contribution in [2.45, 2.75) is 12.8 Å². The van der Waals surface area contributed by atoms with Gasteiger partial charge in [-0.25, -0.2) is 0 Å². The summed E-state index contributed by atoms with van der Waals surface area (Å²) in [6, 6.07) is 10.2. The third kappa shape index (κ3) is 12.6. The fourth-order valence-electron chi connectivity index (χ4n) is 0.928. The molecule has 0 unspecified atom stereocenters. The summed E-state index contributed by atoms with van der Waals surface area (Å²) >= 11 is 0. The fourth-order valence-corrected chi connectivity index (χ4v) is 0.928. The number of carbonyl (C=O) groups excluding carboxylic acids is 1. The number of benzene rings is 1. The molecule has 0 aliphatic carbocycles. The van der Waals surface area contributed by atoms with E-state index in [1.54, 1.807) is 0 Å². The minimum absolute atomic E-state index is 0.250. The first kappa shape index (κ1) is 16.1. The zero-order valence-electron chi connectivity index (χ0n) is 9.10. The lowest BCUT2D eigenvalue weighted by molar-refractivity contribution is -0.106. The molecule has 4 heteroatoms. The van der Waals surface area contributed by atoms with Crippen molar-refractivity contribution in [3.05, 3.63) is 35.9 Å². The van der Waals surface area contributed by atoms with Crippen LogP contribution in [0.4, 0.5) is 0 Å². The van der Waals surface area contributed by atoms with E-state index in [9.17, 15) is 0 Å². The van der Waals surface area contributed by atoms with Crippen molar-refractivity contribution >= 4 is 6.41 Å². The monoisotopic (exact) mass is 212 g/mol. The number of hydrogen-bond donors (Lipinski definition) is 3. The maximum Gasteiger partial charge on any atom is 0.204 e. The summed E-state index contributed by atoms with van der Waals surface area (Å²) in [6.07, 6.45) is 2.10. The van der Waals surface area contributed by atoms with E-state index in [4.69, 9.17) is 9.90 Å². The SMILES string of the molecule is CN.NC=O.OCCCc1ccccc1. The fraction of sp³-hybridized carbons (Fsp3) is 0.364. The molecule has 0 saturated heterocycles. The minimum atomic E-state index is 0.250. The van der Waals surface area contributed by atoms with Crippen molar-refractivity contribution in [3.8, 4) is 0 Å². The van der Waals surface area contributed by atoms with E-state index < -0.39 is 0 Å². The molecule has 0 aliphatic heterocycles. The number of carbonyl (C=O) groups is 1. The molecular weight excluding hydrogens is 192 g/mol. The van der Waals surface area contributed by atoms with Crippen molar-refractivity contribution in [3.63, 3.8) is 0 Å². The van der Waals surface area contributed by atoms with Gasteiger partial charge in [-0.15, -0.1) is 0 Å². The first-order valence-corrected chi connectivity index (χ1v) is 4.73. The average Bonchev–Trinajstić information content (AvgIpc) is 2.31. The van der Waals surface area contributed by atoms with Crippen LogP contribution in [-0.2, 0) is 11.2 Å². The molecule has 86 valence electrons. The summed E-state index contributed by atoms with van der Waals surface area (Å²) in [4.78, 5) is 8.58. The van der Waals surface area contributed by atoms with E-state index in [-0.39, 0.29) is 13.0 Å². The molecule has 1 rings (SSSR count). The maximum absolute atomic E-state index is 8.58. The van der Waals surface area contributed by atoms with Gasteiger partial charge in [0.1, 0.15) is 0 Å². The standard InChI is InChI=1S/C9H12O.CH3NO.CH5N/c10-8-4-7-9-5-2-1-3-6-9;2-1-3;1-2/h1-3,5-6,10H,4,7-8H2;1H,(H2,2,3);2H2,1H3. The third-order valence-electron chi connectivity index (χ3n) is 1.47. The normalized spacial score (nSPS) is 7.67. The van der Waals surface area contributed by atoms with E-state index in [2.05, 4.69) is 23.6 Å². The number of rotatable bonds is 3. The molecule has 1 aromatic carbocycles. The van der Waals surface area contributed by atoms with Gasteiger partial charge in [0.25, 0.3) is 0 Å².